The van der Waals surface area contributed by atoms with E-state index in [1.165, 1.54) is 31.7 Å². The lowest BCUT2D eigenvalue weighted by Crippen LogP contribution is -2.39. The number of rotatable bonds is 5. The summed E-state index contributed by atoms with van der Waals surface area (Å²) in [6.45, 7) is 1.90. The highest BCUT2D eigenvalue weighted by Gasteiger charge is 2.13. The summed E-state index contributed by atoms with van der Waals surface area (Å²) in [6, 6.07) is 4.24. The Labute approximate surface area is 140 Å². The monoisotopic (exact) mass is 324 g/mol. The average Bonchev–Trinajstić information content (AvgIpc) is 2.63. The number of hydrogen-bond donors (Lipinski definition) is 4. The quantitative estimate of drug-likeness (QED) is 0.654. The van der Waals surface area contributed by atoms with Gasteiger partial charge < -0.3 is 21.7 Å². The summed E-state index contributed by atoms with van der Waals surface area (Å²) >= 11 is 0. The van der Waals surface area contributed by atoms with Crippen LogP contribution in [0.3, 0.4) is 0 Å². The maximum absolute atomic E-state index is 8.74. The standard InChI is InChI=1S/C16H20N8/c17-6-12-8-22-16(10-20-12)24-15-5-14(13(18)9-23-15)21-7-11-3-1-2-4-19-11/h5,8-11,19H,1-4,7,18H2,(H2,21,22,23,24)/t11-/m0/s1. The van der Waals surface area contributed by atoms with Crippen LogP contribution in [0.15, 0.2) is 24.7 Å². The Morgan fingerprint density at radius 1 is 1.21 bits per heavy atom. The van der Waals surface area contributed by atoms with Gasteiger partial charge in [0.1, 0.15) is 17.7 Å². The Kier molecular flexibility index (Phi) is 5.03. The Balaban J connectivity index is 1.65. The number of piperidine rings is 1. The molecule has 1 saturated heterocycles. The van der Waals surface area contributed by atoms with Crippen molar-refractivity contribution in [3.05, 3.63) is 30.4 Å². The van der Waals surface area contributed by atoms with Gasteiger partial charge in [-0.25, -0.2) is 15.0 Å². The molecular formula is C16H20N8. The average molecular weight is 324 g/mol. The number of anilines is 4. The predicted octanol–water partition coefficient (Wildman–Crippen LogP) is 1.62. The molecule has 0 aromatic carbocycles. The van der Waals surface area contributed by atoms with Crippen LogP contribution < -0.4 is 21.7 Å². The summed E-state index contributed by atoms with van der Waals surface area (Å²) in [5, 5.41) is 18.7. The first kappa shape index (κ1) is 16.0. The molecule has 0 radical (unpaired) electrons. The molecule has 5 N–H and O–H groups in total. The van der Waals surface area contributed by atoms with E-state index in [1.807, 2.05) is 12.1 Å². The van der Waals surface area contributed by atoms with Crippen LogP contribution in [-0.2, 0) is 0 Å². The molecule has 0 saturated carbocycles. The molecule has 3 heterocycles. The van der Waals surface area contributed by atoms with Crippen LogP contribution in [0.4, 0.5) is 23.0 Å². The molecule has 3 rings (SSSR count). The third-order valence-electron chi connectivity index (χ3n) is 3.91. The van der Waals surface area contributed by atoms with Gasteiger partial charge in [-0.3, -0.25) is 0 Å². The van der Waals surface area contributed by atoms with Crippen molar-refractivity contribution in [3.63, 3.8) is 0 Å². The number of nitrogens with zero attached hydrogens (tertiary/aromatic N) is 4. The van der Waals surface area contributed by atoms with E-state index in [9.17, 15) is 0 Å². The van der Waals surface area contributed by atoms with Gasteiger partial charge in [-0.2, -0.15) is 5.26 Å². The smallest absolute Gasteiger partial charge is 0.158 e. The van der Waals surface area contributed by atoms with Gasteiger partial charge in [0, 0.05) is 18.7 Å². The normalized spacial score (nSPS) is 17.0. The fraction of sp³-hybridized carbons (Fsp3) is 0.375. The van der Waals surface area contributed by atoms with Crippen LogP contribution in [-0.4, -0.2) is 34.1 Å². The molecule has 0 amide bonds. The van der Waals surface area contributed by atoms with E-state index in [1.54, 1.807) is 6.20 Å². The van der Waals surface area contributed by atoms with E-state index >= 15 is 0 Å². The van der Waals surface area contributed by atoms with E-state index in [2.05, 4.69) is 30.9 Å². The minimum absolute atomic E-state index is 0.271. The summed E-state index contributed by atoms with van der Waals surface area (Å²) in [5.74, 6) is 1.13. The Hall–Kier alpha value is -2.92. The van der Waals surface area contributed by atoms with Crippen LogP contribution in [0, 0.1) is 11.3 Å². The van der Waals surface area contributed by atoms with E-state index in [-0.39, 0.29) is 5.69 Å². The van der Waals surface area contributed by atoms with Crippen LogP contribution in [0.25, 0.3) is 0 Å². The van der Waals surface area contributed by atoms with Gasteiger partial charge in [0.05, 0.1) is 30.0 Å². The van der Waals surface area contributed by atoms with Crippen molar-refractivity contribution in [2.75, 3.05) is 29.5 Å². The second kappa shape index (κ2) is 7.57. The molecule has 0 aliphatic carbocycles. The van der Waals surface area contributed by atoms with E-state index in [4.69, 9.17) is 11.0 Å². The number of nitriles is 1. The van der Waals surface area contributed by atoms with Gasteiger partial charge in [-0.15, -0.1) is 0 Å². The van der Waals surface area contributed by atoms with Crippen molar-refractivity contribution in [2.45, 2.75) is 25.3 Å². The van der Waals surface area contributed by atoms with Crippen molar-refractivity contribution in [2.24, 2.45) is 0 Å². The molecule has 0 spiro atoms. The fourth-order valence-corrected chi connectivity index (χ4v) is 2.60. The summed E-state index contributed by atoms with van der Waals surface area (Å²) in [5.41, 5.74) is 7.70. The lowest BCUT2D eigenvalue weighted by molar-refractivity contribution is 0.414. The second-order valence-electron chi connectivity index (χ2n) is 5.71. The topological polar surface area (TPSA) is 125 Å². The van der Waals surface area contributed by atoms with E-state index in [0.29, 0.717) is 23.4 Å². The Morgan fingerprint density at radius 3 is 2.79 bits per heavy atom. The highest BCUT2D eigenvalue weighted by Crippen LogP contribution is 2.22. The minimum atomic E-state index is 0.271. The molecule has 1 aliphatic heterocycles. The molecule has 2 aromatic heterocycles. The maximum Gasteiger partial charge on any atom is 0.158 e. The van der Waals surface area contributed by atoms with Crippen molar-refractivity contribution < 1.29 is 0 Å². The third-order valence-corrected chi connectivity index (χ3v) is 3.91. The molecular weight excluding hydrogens is 304 g/mol. The van der Waals surface area contributed by atoms with Crippen LogP contribution in [0.1, 0.15) is 25.0 Å². The highest BCUT2D eigenvalue weighted by molar-refractivity contribution is 5.70. The minimum Gasteiger partial charge on any atom is -0.396 e. The van der Waals surface area contributed by atoms with Gasteiger partial charge in [-0.05, 0) is 19.4 Å². The number of aromatic nitrogens is 3. The molecule has 8 heteroatoms. The van der Waals surface area contributed by atoms with Crippen LogP contribution in [0.2, 0.25) is 0 Å². The Bertz CT molecular complexity index is 716. The van der Waals surface area contributed by atoms with Gasteiger partial charge in [0.15, 0.2) is 5.69 Å². The summed E-state index contributed by atoms with van der Waals surface area (Å²) in [6.07, 6.45) is 8.19. The van der Waals surface area contributed by atoms with Crippen LogP contribution >= 0.6 is 0 Å². The lowest BCUT2D eigenvalue weighted by Gasteiger charge is -2.24. The first-order valence-electron chi connectivity index (χ1n) is 7.96. The highest BCUT2D eigenvalue weighted by atomic mass is 15.1. The number of nitrogen functional groups attached to an aromatic ring is 1. The SMILES string of the molecule is N#Cc1cnc(Nc2cc(NC[C@@H]3CCCCN3)c(N)cn2)cn1. The van der Waals surface area contributed by atoms with E-state index < -0.39 is 0 Å². The van der Waals surface area contributed by atoms with Crippen molar-refractivity contribution in [1.82, 2.24) is 20.3 Å². The number of nitrogens with one attached hydrogen (secondary N) is 3. The first-order chi connectivity index (χ1) is 11.7. The Morgan fingerprint density at radius 2 is 2.08 bits per heavy atom. The second-order valence-corrected chi connectivity index (χ2v) is 5.71. The molecule has 1 fully saturated rings. The maximum atomic E-state index is 8.74. The fourth-order valence-electron chi connectivity index (χ4n) is 2.60. The van der Waals surface area contributed by atoms with Gasteiger partial charge >= 0.3 is 0 Å². The van der Waals surface area contributed by atoms with Crippen LogP contribution in [0.5, 0.6) is 0 Å². The largest absolute Gasteiger partial charge is 0.396 e. The molecule has 124 valence electrons. The molecule has 1 aliphatic rings. The summed E-state index contributed by atoms with van der Waals surface area (Å²) < 4.78 is 0. The zero-order chi connectivity index (χ0) is 16.8. The number of hydrogen-bond acceptors (Lipinski definition) is 8. The van der Waals surface area contributed by atoms with Gasteiger partial charge in [0.25, 0.3) is 0 Å². The zero-order valence-electron chi connectivity index (χ0n) is 13.3. The van der Waals surface area contributed by atoms with Crippen molar-refractivity contribution in [1.29, 1.82) is 5.26 Å². The van der Waals surface area contributed by atoms with Crippen molar-refractivity contribution in [3.8, 4) is 6.07 Å². The van der Waals surface area contributed by atoms with E-state index in [0.717, 1.165) is 18.8 Å². The molecule has 1 atom stereocenters. The van der Waals surface area contributed by atoms with Crippen molar-refractivity contribution >= 4 is 23.0 Å². The number of pyridine rings is 1. The predicted molar refractivity (Wildman–Crippen MR) is 92.8 cm³/mol. The summed E-state index contributed by atoms with van der Waals surface area (Å²) in [4.78, 5) is 12.3. The van der Waals surface area contributed by atoms with Gasteiger partial charge in [0.2, 0.25) is 0 Å². The van der Waals surface area contributed by atoms with Gasteiger partial charge in [-0.1, -0.05) is 6.42 Å². The molecule has 24 heavy (non-hydrogen) atoms. The summed E-state index contributed by atoms with van der Waals surface area (Å²) in [7, 11) is 0. The lowest BCUT2D eigenvalue weighted by atomic mass is 10.1. The number of nitrogens with two attached hydrogens (primary N) is 1. The molecule has 8 nitrogen and oxygen atoms in total. The third kappa shape index (κ3) is 4.08. The molecule has 2 aromatic rings. The molecule has 0 unspecified atom stereocenters. The first-order valence-corrected chi connectivity index (χ1v) is 7.96. The molecule has 0 bridgehead atoms. The zero-order valence-corrected chi connectivity index (χ0v) is 13.3.